The van der Waals surface area contributed by atoms with E-state index in [0.29, 0.717) is 10.6 Å². The molecule has 0 N–H and O–H groups in total. The summed E-state index contributed by atoms with van der Waals surface area (Å²) in [6, 6.07) is 13.8. The molecule has 2 rings (SSSR count). The number of benzene rings is 2. The van der Waals surface area contributed by atoms with Crippen molar-refractivity contribution in [3.8, 4) is 5.75 Å². The van der Waals surface area contributed by atoms with E-state index in [1.54, 1.807) is 30.3 Å². The molecular weight excluding hydrogens is 276 g/mol. The zero-order chi connectivity index (χ0) is 13.9. The van der Waals surface area contributed by atoms with Crippen LogP contribution >= 0.6 is 7.80 Å². The van der Waals surface area contributed by atoms with Gasteiger partial charge in [0.25, 0.3) is 0 Å². The molecule has 2 aromatic carbocycles. The molecule has 2 nitrogen and oxygen atoms in total. The van der Waals surface area contributed by atoms with E-state index in [1.165, 1.54) is 12.1 Å². The molecule has 0 aliphatic rings. The summed E-state index contributed by atoms with van der Waals surface area (Å²) in [4.78, 5) is 0. The molecule has 0 spiro atoms. The number of hydrogen-bond donors (Lipinski definition) is 0. The van der Waals surface area contributed by atoms with E-state index in [1.807, 2.05) is 0 Å². The highest BCUT2D eigenvalue weighted by atomic mass is 31.1. The Labute approximate surface area is 108 Å². The van der Waals surface area contributed by atoms with Gasteiger partial charge in [-0.2, -0.15) is 0 Å². The minimum atomic E-state index is -4.72. The van der Waals surface area contributed by atoms with Crippen LogP contribution in [0.25, 0.3) is 0 Å². The van der Waals surface area contributed by atoms with Crippen LogP contribution in [0.1, 0.15) is 0 Å². The molecule has 2 aromatic rings. The van der Waals surface area contributed by atoms with Crippen LogP contribution in [-0.2, 0) is 4.57 Å². The van der Waals surface area contributed by atoms with E-state index >= 15 is 0 Å². The Kier molecular flexibility index (Phi) is 3.86. The molecule has 0 heterocycles. The Morgan fingerprint density at radius 2 is 1.37 bits per heavy atom. The van der Waals surface area contributed by atoms with Gasteiger partial charge < -0.3 is 4.74 Å². The second-order valence-corrected chi connectivity index (χ2v) is 5.29. The highest BCUT2D eigenvalue weighted by Gasteiger charge is 2.31. The summed E-state index contributed by atoms with van der Waals surface area (Å²) in [7, 11) is -1.80. The van der Waals surface area contributed by atoms with Crippen LogP contribution in [-0.4, -0.2) is 6.36 Å². The molecule has 0 fully saturated rings. The molecule has 0 amide bonds. The largest absolute Gasteiger partial charge is 0.573 e. The fourth-order valence-corrected chi connectivity index (χ4v) is 2.66. The topological polar surface area (TPSA) is 26.3 Å². The zero-order valence-electron chi connectivity index (χ0n) is 9.59. The summed E-state index contributed by atoms with van der Waals surface area (Å²) in [6.45, 7) is 0. The lowest BCUT2D eigenvalue weighted by Crippen LogP contribution is -2.17. The maximum absolute atomic E-state index is 12.1. The van der Waals surface area contributed by atoms with Crippen LogP contribution in [0.5, 0.6) is 5.75 Å². The lowest BCUT2D eigenvalue weighted by Gasteiger charge is -2.07. The van der Waals surface area contributed by atoms with Crippen LogP contribution in [0.4, 0.5) is 13.2 Å². The van der Waals surface area contributed by atoms with Crippen LogP contribution < -0.4 is 15.3 Å². The standard InChI is InChI=1S/C13H9F3O2P/c14-13(15,16)18-10-6-8-12(9-7-10)19(17)11-4-2-1-3-5-11/h1-9H/q+1. The van der Waals surface area contributed by atoms with Gasteiger partial charge in [-0.05, 0) is 36.4 Å². The Morgan fingerprint density at radius 1 is 0.842 bits per heavy atom. The van der Waals surface area contributed by atoms with E-state index < -0.39 is 14.2 Å². The summed E-state index contributed by atoms with van der Waals surface area (Å²) in [5.74, 6) is -0.326. The molecule has 0 radical (unpaired) electrons. The second-order valence-electron chi connectivity index (χ2n) is 3.67. The number of ether oxygens (including phenoxy) is 1. The first-order chi connectivity index (χ1) is 8.96. The Hall–Kier alpha value is -1.87. The lowest BCUT2D eigenvalue weighted by molar-refractivity contribution is -0.274. The summed E-state index contributed by atoms with van der Waals surface area (Å²) in [5, 5.41) is 1.08. The predicted molar refractivity (Wildman–Crippen MR) is 66.4 cm³/mol. The quantitative estimate of drug-likeness (QED) is 0.808. The molecule has 98 valence electrons. The predicted octanol–water partition coefficient (Wildman–Crippen LogP) is 3.36. The van der Waals surface area contributed by atoms with Crippen molar-refractivity contribution in [2.75, 3.05) is 0 Å². The maximum Gasteiger partial charge on any atom is 0.573 e. The van der Waals surface area contributed by atoms with Gasteiger partial charge in [0.2, 0.25) is 0 Å². The van der Waals surface area contributed by atoms with Gasteiger partial charge in [0.05, 0.1) is 0 Å². The van der Waals surface area contributed by atoms with Crippen LogP contribution in [0.3, 0.4) is 0 Å². The average molecular weight is 285 g/mol. The minimum absolute atomic E-state index is 0.326. The normalized spacial score (nSPS) is 12.1. The van der Waals surface area contributed by atoms with E-state index in [4.69, 9.17) is 0 Å². The molecule has 0 bridgehead atoms. The van der Waals surface area contributed by atoms with Crippen molar-refractivity contribution >= 4 is 18.4 Å². The number of halogens is 3. The van der Waals surface area contributed by atoms with E-state index in [0.717, 1.165) is 12.1 Å². The lowest BCUT2D eigenvalue weighted by atomic mass is 10.3. The van der Waals surface area contributed by atoms with Crippen molar-refractivity contribution < 1.29 is 22.5 Å². The first-order valence-electron chi connectivity index (χ1n) is 5.34. The van der Waals surface area contributed by atoms with E-state index in [-0.39, 0.29) is 5.75 Å². The average Bonchev–Trinajstić information content (AvgIpc) is 2.38. The molecule has 0 aliphatic heterocycles. The summed E-state index contributed by atoms with van der Waals surface area (Å²) < 4.78 is 51.8. The molecule has 0 saturated carbocycles. The molecule has 1 atom stereocenters. The first-order valence-corrected chi connectivity index (χ1v) is 6.60. The SMILES string of the molecule is O=[P+](c1ccccc1)c1ccc(OC(F)(F)F)cc1. The zero-order valence-corrected chi connectivity index (χ0v) is 10.5. The fourth-order valence-electron chi connectivity index (χ4n) is 1.50. The number of alkyl halides is 3. The van der Waals surface area contributed by atoms with Gasteiger partial charge in [0.15, 0.2) is 10.6 Å². The molecule has 0 aromatic heterocycles. The molecule has 6 heteroatoms. The van der Waals surface area contributed by atoms with Crippen molar-refractivity contribution in [3.63, 3.8) is 0 Å². The highest BCUT2D eigenvalue weighted by Crippen LogP contribution is 2.24. The Balaban J connectivity index is 2.17. The molecule has 0 saturated heterocycles. The van der Waals surface area contributed by atoms with Crippen molar-refractivity contribution in [1.82, 2.24) is 0 Å². The smallest absolute Gasteiger partial charge is 0.406 e. The van der Waals surface area contributed by atoms with Gasteiger partial charge in [0.1, 0.15) is 5.75 Å². The molecular formula is C13H9F3O2P+. The van der Waals surface area contributed by atoms with Gasteiger partial charge in [-0.15, -0.1) is 13.2 Å². The second kappa shape index (κ2) is 5.41. The van der Waals surface area contributed by atoms with Gasteiger partial charge in [0, 0.05) is 0 Å². The summed E-state index contributed by atoms with van der Waals surface area (Å²) in [6.07, 6.45) is -4.72. The van der Waals surface area contributed by atoms with Gasteiger partial charge in [-0.3, -0.25) is 0 Å². The van der Waals surface area contributed by atoms with Crippen molar-refractivity contribution in [2.24, 2.45) is 0 Å². The van der Waals surface area contributed by atoms with Crippen molar-refractivity contribution in [3.05, 3.63) is 54.6 Å². The molecule has 1 unspecified atom stereocenters. The summed E-state index contributed by atoms with van der Waals surface area (Å²) >= 11 is 0. The Morgan fingerprint density at radius 3 is 1.89 bits per heavy atom. The third-order valence-corrected chi connectivity index (χ3v) is 3.83. The first kappa shape index (κ1) is 13.6. The Bertz CT molecular complexity index is 565. The number of hydrogen-bond acceptors (Lipinski definition) is 2. The van der Waals surface area contributed by atoms with Crippen LogP contribution in [0.2, 0.25) is 0 Å². The minimum Gasteiger partial charge on any atom is -0.406 e. The third-order valence-electron chi connectivity index (χ3n) is 2.30. The van der Waals surface area contributed by atoms with E-state index in [9.17, 15) is 17.7 Å². The van der Waals surface area contributed by atoms with E-state index in [2.05, 4.69) is 4.74 Å². The third kappa shape index (κ3) is 3.80. The van der Waals surface area contributed by atoms with Crippen molar-refractivity contribution in [1.29, 1.82) is 0 Å². The van der Waals surface area contributed by atoms with Crippen molar-refractivity contribution in [2.45, 2.75) is 6.36 Å². The van der Waals surface area contributed by atoms with Gasteiger partial charge in [-0.1, -0.05) is 22.8 Å². The van der Waals surface area contributed by atoms with Crippen LogP contribution in [0.15, 0.2) is 54.6 Å². The van der Waals surface area contributed by atoms with Crippen LogP contribution in [0, 0.1) is 0 Å². The number of rotatable bonds is 3. The van der Waals surface area contributed by atoms with Gasteiger partial charge in [-0.25, -0.2) is 0 Å². The maximum atomic E-state index is 12.1. The highest BCUT2D eigenvalue weighted by molar-refractivity contribution is 7.61. The monoisotopic (exact) mass is 285 g/mol. The fraction of sp³-hybridized carbons (Fsp3) is 0.0769. The molecule has 19 heavy (non-hydrogen) atoms. The van der Waals surface area contributed by atoms with Gasteiger partial charge >= 0.3 is 14.2 Å². The summed E-state index contributed by atoms with van der Waals surface area (Å²) in [5.41, 5.74) is 0. The molecule has 0 aliphatic carbocycles.